The van der Waals surface area contributed by atoms with E-state index in [2.05, 4.69) is 48.5 Å². The van der Waals surface area contributed by atoms with Gasteiger partial charge in [-0.25, -0.2) is 0 Å². The topological polar surface area (TPSA) is 63.4 Å². The Labute approximate surface area is 189 Å². The van der Waals surface area contributed by atoms with Crippen LogP contribution in [0.15, 0.2) is 91.0 Å². The number of benzene rings is 3. The third kappa shape index (κ3) is 3.35. The second-order valence-electron chi connectivity index (χ2n) is 9.01. The van der Waals surface area contributed by atoms with Crippen molar-refractivity contribution in [2.24, 2.45) is 17.6 Å². The fraction of sp³-hybridized carbons (Fsp3) is 0.286. The maximum absolute atomic E-state index is 13.4. The number of carbonyl (C=O) groups is 2. The minimum absolute atomic E-state index is 0.0282. The number of ketones is 1. The number of nitrogens with two attached hydrogens (primary N) is 1. The van der Waals surface area contributed by atoms with Crippen molar-refractivity contribution in [3.63, 3.8) is 0 Å². The summed E-state index contributed by atoms with van der Waals surface area (Å²) in [6, 6.07) is 29.7. The number of amides is 1. The summed E-state index contributed by atoms with van der Waals surface area (Å²) in [7, 11) is 0. The molecule has 0 bridgehead atoms. The van der Waals surface area contributed by atoms with E-state index in [0.717, 1.165) is 12.0 Å². The van der Waals surface area contributed by atoms with Crippen LogP contribution in [0.1, 0.15) is 35.6 Å². The molecule has 1 amide bonds. The van der Waals surface area contributed by atoms with Gasteiger partial charge in [0.15, 0.2) is 0 Å². The highest BCUT2D eigenvalue weighted by Crippen LogP contribution is 2.52. The first-order valence-corrected chi connectivity index (χ1v) is 11.3. The van der Waals surface area contributed by atoms with Gasteiger partial charge in [-0.3, -0.25) is 9.59 Å². The van der Waals surface area contributed by atoms with Gasteiger partial charge in [0.05, 0.1) is 0 Å². The molecule has 32 heavy (non-hydrogen) atoms. The van der Waals surface area contributed by atoms with Gasteiger partial charge in [-0.1, -0.05) is 91.0 Å². The lowest BCUT2D eigenvalue weighted by molar-refractivity contribution is -0.132. The molecule has 1 saturated carbocycles. The number of hydrogen-bond donors (Lipinski definition) is 1. The molecule has 2 N–H and O–H groups in total. The SMILES string of the molecule is N[C@H](C(=O)N1C[C@@H]2C(=O)CCC(c3ccccc3)(c3ccccc3)[C@@H]2C1)c1ccccc1. The first-order chi connectivity index (χ1) is 15.6. The van der Waals surface area contributed by atoms with E-state index >= 15 is 0 Å². The third-order valence-corrected chi connectivity index (χ3v) is 7.45. The molecular weight excluding hydrogens is 396 g/mol. The molecule has 4 heteroatoms. The summed E-state index contributed by atoms with van der Waals surface area (Å²) in [5.41, 5.74) is 9.30. The van der Waals surface area contributed by atoms with Gasteiger partial charge >= 0.3 is 0 Å². The molecule has 1 aliphatic carbocycles. The number of nitrogens with zero attached hydrogens (tertiary/aromatic N) is 1. The molecule has 162 valence electrons. The first-order valence-electron chi connectivity index (χ1n) is 11.3. The summed E-state index contributed by atoms with van der Waals surface area (Å²) in [5.74, 6) is 0.0195. The summed E-state index contributed by atoms with van der Waals surface area (Å²) < 4.78 is 0. The lowest BCUT2D eigenvalue weighted by Gasteiger charge is -2.45. The smallest absolute Gasteiger partial charge is 0.244 e. The summed E-state index contributed by atoms with van der Waals surface area (Å²) in [6.07, 6.45) is 1.28. The minimum Gasteiger partial charge on any atom is -0.340 e. The van der Waals surface area contributed by atoms with Crippen LogP contribution < -0.4 is 5.73 Å². The van der Waals surface area contributed by atoms with Gasteiger partial charge in [0.25, 0.3) is 0 Å². The molecule has 0 spiro atoms. The Kier molecular flexibility index (Phi) is 5.40. The lowest BCUT2D eigenvalue weighted by Crippen LogP contribution is -2.47. The molecule has 0 aromatic heterocycles. The summed E-state index contributed by atoms with van der Waals surface area (Å²) in [4.78, 5) is 28.3. The second kappa shape index (κ2) is 8.36. The van der Waals surface area contributed by atoms with Crippen molar-refractivity contribution in [1.29, 1.82) is 0 Å². The zero-order valence-electron chi connectivity index (χ0n) is 18.1. The largest absolute Gasteiger partial charge is 0.340 e. The molecule has 3 aromatic carbocycles. The van der Waals surface area contributed by atoms with E-state index in [0.29, 0.717) is 19.5 Å². The van der Waals surface area contributed by atoms with E-state index in [-0.39, 0.29) is 28.9 Å². The number of rotatable bonds is 4. The molecule has 1 saturated heterocycles. The van der Waals surface area contributed by atoms with E-state index in [1.807, 2.05) is 47.4 Å². The van der Waals surface area contributed by atoms with E-state index < -0.39 is 6.04 Å². The Morgan fingerprint density at radius 3 is 1.94 bits per heavy atom. The van der Waals surface area contributed by atoms with Crippen LogP contribution >= 0.6 is 0 Å². The molecule has 2 fully saturated rings. The minimum atomic E-state index is -0.714. The van der Waals surface area contributed by atoms with Crippen molar-refractivity contribution in [3.05, 3.63) is 108 Å². The molecule has 3 aromatic rings. The van der Waals surface area contributed by atoms with Crippen molar-refractivity contribution in [3.8, 4) is 0 Å². The monoisotopic (exact) mass is 424 g/mol. The quantitative estimate of drug-likeness (QED) is 0.686. The standard InChI is InChI=1S/C28H28N2O2/c29-26(20-10-4-1-5-11-20)27(32)30-18-23-24(19-30)28(17-16-25(23)31,21-12-6-2-7-13-21)22-14-8-3-9-15-22/h1-15,23-24,26H,16-19,29H2/t23-,24+,26-/m0/s1. The van der Waals surface area contributed by atoms with Gasteiger partial charge in [-0.05, 0) is 23.1 Å². The van der Waals surface area contributed by atoms with E-state index in [9.17, 15) is 9.59 Å². The van der Waals surface area contributed by atoms with Gasteiger partial charge in [0.2, 0.25) is 5.91 Å². The number of likely N-dealkylation sites (tertiary alicyclic amines) is 1. The highest BCUT2D eigenvalue weighted by Gasteiger charge is 2.55. The van der Waals surface area contributed by atoms with Crippen LogP contribution in [-0.4, -0.2) is 29.7 Å². The van der Waals surface area contributed by atoms with Crippen LogP contribution in [0.3, 0.4) is 0 Å². The first kappa shape index (κ1) is 20.7. The highest BCUT2D eigenvalue weighted by atomic mass is 16.2. The molecule has 2 aliphatic rings. The van der Waals surface area contributed by atoms with Gasteiger partial charge in [-0.2, -0.15) is 0 Å². The fourth-order valence-electron chi connectivity index (χ4n) is 5.85. The van der Waals surface area contributed by atoms with Crippen molar-refractivity contribution >= 4 is 11.7 Å². The van der Waals surface area contributed by atoms with E-state index in [1.165, 1.54) is 11.1 Å². The van der Waals surface area contributed by atoms with Crippen molar-refractivity contribution in [2.75, 3.05) is 13.1 Å². The number of hydrogen-bond acceptors (Lipinski definition) is 3. The summed E-state index contributed by atoms with van der Waals surface area (Å²) in [5, 5.41) is 0. The van der Waals surface area contributed by atoms with Crippen LogP contribution in [0, 0.1) is 11.8 Å². The van der Waals surface area contributed by atoms with Crippen molar-refractivity contribution in [1.82, 2.24) is 4.90 Å². The van der Waals surface area contributed by atoms with Crippen LogP contribution in [0.4, 0.5) is 0 Å². The van der Waals surface area contributed by atoms with Crippen LogP contribution in [0.2, 0.25) is 0 Å². The third-order valence-electron chi connectivity index (χ3n) is 7.45. The second-order valence-corrected chi connectivity index (χ2v) is 9.01. The van der Waals surface area contributed by atoms with E-state index in [4.69, 9.17) is 5.73 Å². The zero-order valence-corrected chi connectivity index (χ0v) is 18.1. The molecular formula is C28H28N2O2. The average Bonchev–Trinajstić information content (AvgIpc) is 3.32. The highest BCUT2D eigenvalue weighted by molar-refractivity contribution is 5.88. The molecule has 0 unspecified atom stereocenters. The Hall–Kier alpha value is -3.24. The summed E-state index contributed by atoms with van der Waals surface area (Å²) in [6.45, 7) is 0.990. The Morgan fingerprint density at radius 2 is 1.38 bits per heavy atom. The maximum atomic E-state index is 13.4. The molecule has 1 aliphatic heterocycles. The van der Waals surface area contributed by atoms with Crippen molar-refractivity contribution < 1.29 is 9.59 Å². The van der Waals surface area contributed by atoms with Gasteiger partial charge in [0.1, 0.15) is 11.8 Å². The Balaban J connectivity index is 1.54. The number of fused-ring (bicyclic) bond motifs is 1. The fourth-order valence-corrected chi connectivity index (χ4v) is 5.85. The van der Waals surface area contributed by atoms with Crippen LogP contribution in [-0.2, 0) is 15.0 Å². The molecule has 4 nitrogen and oxygen atoms in total. The number of Topliss-reactive ketones (excluding diaryl/α,β-unsaturated/α-hetero) is 1. The van der Waals surface area contributed by atoms with Crippen LogP contribution in [0.25, 0.3) is 0 Å². The van der Waals surface area contributed by atoms with Crippen LogP contribution in [0.5, 0.6) is 0 Å². The average molecular weight is 425 g/mol. The lowest BCUT2D eigenvalue weighted by atomic mass is 9.56. The predicted molar refractivity (Wildman–Crippen MR) is 125 cm³/mol. The zero-order chi connectivity index (χ0) is 22.1. The van der Waals surface area contributed by atoms with Crippen molar-refractivity contribution in [2.45, 2.75) is 24.3 Å². The maximum Gasteiger partial charge on any atom is 0.244 e. The molecule has 0 radical (unpaired) electrons. The molecule has 3 atom stereocenters. The van der Waals surface area contributed by atoms with Gasteiger partial charge < -0.3 is 10.6 Å². The summed E-state index contributed by atoms with van der Waals surface area (Å²) >= 11 is 0. The molecule has 1 heterocycles. The number of carbonyl (C=O) groups excluding carboxylic acids is 2. The Bertz CT molecular complexity index is 1060. The Morgan fingerprint density at radius 1 is 0.844 bits per heavy atom. The van der Waals surface area contributed by atoms with Gasteiger partial charge in [-0.15, -0.1) is 0 Å². The van der Waals surface area contributed by atoms with Gasteiger partial charge in [0, 0.05) is 36.8 Å². The van der Waals surface area contributed by atoms with E-state index in [1.54, 1.807) is 0 Å². The molecule has 5 rings (SSSR count). The normalized spacial score (nSPS) is 22.9. The predicted octanol–water partition coefficient (Wildman–Crippen LogP) is 4.11.